The highest BCUT2D eigenvalue weighted by molar-refractivity contribution is 14.1. The Kier molecular flexibility index (Phi) is 3.81. The van der Waals surface area contributed by atoms with E-state index in [1.54, 1.807) is 7.11 Å². The van der Waals surface area contributed by atoms with Crippen LogP contribution in [0.2, 0.25) is 0 Å². The molecular weight excluding hydrogens is 397 g/mol. The van der Waals surface area contributed by atoms with Gasteiger partial charge in [0, 0.05) is 20.6 Å². The molecule has 0 radical (unpaired) electrons. The van der Waals surface area contributed by atoms with Gasteiger partial charge in [0.25, 0.3) is 0 Å². The van der Waals surface area contributed by atoms with Crippen LogP contribution in [0.4, 0.5) is 5.69 Å². The van der Waals surface area contributed by atoms with Gasteiger partial charge >= 0.3 is 0 Å². The predicted octanol–water partition coefficient (Wildman–Crippen LogP) is 5.36. The van der Waals surface area contributed by atoms with Crippen molar-refractivity contribution < 1.29 is 4.74 Å². The molecule has 1 aliphatic carbocycles. The van der Waals surface area contributed by atoms with Crippen LogP contribution in [0.1, 0.15) is 11.1 Å². The van der Waals surface area contributed by atoms with Crippen molar-refractivity contribution in [2.45, 2.75) is 6.42 Å². The number of aliphatic imine (C=N–C) groups is 1. The molecule has 2 nitrogen and oxygen atoms in total. The Labute approximate surface area is 149 Å². The lowest BCUT2D eigenvalue weighted by Gasteiger charge is -2.19. The SMILES string of the molecule is COc1ccc(CC2C=C(I)C=C3C2=Nc2ccccc23)cc1. The number of methoxy groups -OCH3 is 1. The zero-order valence-corrected chi connectivity index (χ0v) is 14.9. The molecule has 0 amide bonds. The Morgan fingerprint density at radius 3 is 2.65 bits per heavy atom. The quantitative estimate of drug-likeness (QED) is 0.622. The van der Waals surface area contributed by atoms with Crippen LogP contribution >= 0.6 is 22.6 Å². The average molecular weight is 413 g/mol. The molecule has 0 N–H and O–H groups in total. The van der Waals surface area contributed by atoms with E-state index in [0.717, 1.165) is 17.9 Å². The molecule has 0 bridgehead atoms. The molecule has 1 aliphatic heterocycles. The Morgan fingerprint density at radius 2 is 1.87 bits per heavy atom. The van der Waals surface area contributed by atoms with Crippen molar-refractivity contribution >= 4 is 39.6 Å². The zero-order chi connectivity index (χ0) is 15.8. The smallest absolute Gasteiger partial charge is 0.118 e. The summed E-state index contributed by atoms with van der Waals surface area (Å²) in [4.78, 5) is 4.90. The number of halogens is 1. The Balaban J connectivity index is 1.66. The summed E-state index contributed by atoms with van der Waals surface area (Å²) in [5.41, 5.74) is 6.13. The van der Waals surface area contributed by atoms with E-state index in [2.05, 4.69) is 71.1 Å². The van der Waals surface area contributed by atoms with Gasteiger partial charge < -0.3 is 4.74 Å². The van der Waals surface area contributed by atoms with E-state index in [1.807, 2.05) is 12.1 Å². The normalized spacial score (nSPS) is 18.5. The van der Waals surface area contributed by atoms with Crippen LogP contribution in [0.25, 0.3) is 5.57 Å². The maximum absolute atomic E-state index is 5.24. The van der Waals surface area contributed by atoms with Gasteiger partial charge in [-0.25, -0.2) is 0 Å². The summed E-state index contributed by atoms with van der Waals surface area (Å²) in [7, 11) is 1.70. The number of hydrogen-bond acceptors (Lipinski definition) is 2. The molecule has 2 aliphatic rings. The molecule has 3 heteroatoms. The fourth-order valence-corrected chi connectivity index (χ4v) is 3.93. The molecule has 1 atom stereocenters. The van der Waals surface area contributed by atoms with Gasteiger partial charge in [-0.2, -0.15) is 0 Å². The standard InChI is InChI=1S/C20H16INO/c1-23-16-8-6-13(7-9-16)10-14-11-15(21)12-18-17-4-2-3-5-19(17)22-20(14)18/h2-9,11-12,14H,10H2,1H3. The summed E-state index contributed by atoms with van der Waals surface area (Å²) in [6.07, 6.45) is 5.52. The minimum atomic E-state index is 0.322. The molecule has 0 fully saturated rings. The van der Waals surface area contributed by atoms with Crippen LogP contribution in [0.3, 0.4) is 0 Å². The second kappa shape index (κ2) is 5.96. The fraction of sp³-hybridized carbons (Fsp3) is 0.150. The van der Waals surface area contributed by atoms with Crippen LogP contribution in [0, 0.1) is 5.92 Å². The van der Waals surface area contributed by atoms with E-state index >= 15 is 0 Å². The minimum Gasteiger partial charge on any atom is -0.497 e. The third kappa shape index (κ3) is 2.74. The Morgan fingerprint density at radius 1 is 1.09 bits per heavy atom. The molecule has 0 aromatic heterocycles. The van der Waals surface area contributed by atoms with Gasteiger partial charge in [-0.1, -0.05) is 36.4 Å². The first-order chi connectivity index (χ1) is 11.2. The minimum absolute atomic E-state index is 0.322. The van der Waals surface area contributed by atoms with E-state index in [0.29, 0.717) is 5.92 Å². The second-order valence-electron chi connectivity index (χ2n) is 5.78. The van der Waals surface area contributed by atoms with E-state index in [9.17, 15) is 0 Å². The van der Waals surface area contributed by atoms with Crippen molar-refractivity contribution in [3.05, 3.63) is 75.4 Å². The van der Waals surface area contributed by atoms with Crippen molar-refractivity contribution in [2.24, 2.45) is 10.9 Å². The lowest BCUT2D eigenvalue weighted by molar-refractivity contribution is 0.414. The topological polar surface area (TPSA) is 21.6 Å². The van der Waals surface area contributed by atoms with Crippen molar-refractivity contribution in [3.8, 4) is 5.75 Å². The zero-order valence-electron chi connectivity index (χ0n) is 12.8. The first-order valence-corrected chi connectivity index (χ1v) is 8.73. The van der Waals surface area contributed by atoms with Crippen molar-refractivity contribution in [1.82, 2.24) is 0 Å². The van der Waals surface area contributed by atoms with Crippen LogP contribution < -0.4 is 4.74 Å². The van der Waals surface area contributed by atoms with E-state index in [-0.39, 0.29) is 0 Å². The largest absolute Gasteiger partial charge is 0.497 e. The van der Waals surface area contributed by atoms with Gasteiger partial charge in [0.05, 0.1) is 18.5 Å². The lowest BCUT2D eigenvalue weighted by atomic mass is 9.85. The molecule has 0 saturated carbocycles. The number of ether oxygens (including phenoxy) is 1. The molecule has 114 valence electrons. The van der Waals surface area contributed by atoms with Gasteiger partial charge in [-0.05, 0) is 58.9 Å². The van der Waals surface area contributed by atoms with Crippen molar-refractivity contribution in [1.29, 1.82) is 0 Å². The first-order valence-electron chi connectivity index (χ1n) is 7.65. The number of benzene rings is 2. The maximum Gasteiger partial charge on any atom is 0.118 e. The highest BCUT2D eigenvalue weighted by atomic mass is 127. The first kappa shape index (κ1) is 14.7. The molecule has 0 spiro atoms. The van der Waals surface area contributed by atoms with E-state index in [1.165, 1.54) is 26.0 Å². The number of rotatable bonds is 3. The number of fused-ring (bicyclic) bond motifs is 3. The summed E-state index contributed by atoms with van der Waals surface area (Å²) in [5, 5.41) is 0. The van der Waals surface area contributed by atoms with Crippen LogP contribution in [-0.4, -0.2) is 12.8 Å². The Bertz CT molecular complexity index is 846. The summed E-state index contributed by atoms with van der Waals surface area (Å²) in [6.45, 7) is 0. The second-order valence-corrected chi connectivity index (χ2v) is 7.03. The maximum atomic E-state index is 5.24. The number of allylic oxidation sites excluding steroid dienone is 4. The predicted molar refractivity (Wildman–Crippen MR) is 104 cm³/mol. The molecule has 1 heterocycles. The van der Waals surface area contributed by atoms with Crippen molar-refractivity contribution in [2.75, 3.05) is 7.11 Å². The number of nitrogens with zero attached hydrogens (tertiary/aromatic N) is 1. The molecular formula is C20H16INO. The summed E-state index contributed by atoms with van der Waals surface area (Å²) in [5.74, 6) is 1.22. The third-order valence-electron chi connectivity index (χ3n) is 4.32. The fourth-order valence-electron chi connectivity index (χ4n) is 3.19. The van der Waals surface area contributed by atoms with Crippen molar-refractivity contribution in [3.63, 3.8) is 0 Å². The number of hydrogen-bond donors (Lipinski definition) is 0. The molecule has 4 rings (SSSR count). The third-order valence-corrected chi connectivity index (χ3v) is 4.99. The molecule has 2 aromatic carbocycles. The molecule has 0 saturated heterocycles. The van der Waals surface area contributed by atoms with Gasteiger partial charge in [0.1, 0.15) is 5.75 Å². The van der Waals surface area contributed by atoms with Crippen LogP contribution in [0.15, 0.2) is 69.3 Å². The van der Waals surface area contributed by atoms with Gasteiger partial charge in [-0.15, -0.1) is 0 Å². The highest BCUT2D eigenvalue weighted by Crippen LogP contribution is 2.42. The summed E-state index contributed by atoms with van der Waals surface area (Å²) in [6, 6.07) is 16.7. The number of para-hydroxylation sites is 1. The summed E-state index contributed by atoms with van der Waals surface area (Å²) >= 11 is 2.41. The monoisotopic (exact) mass is 413 g/mol. The van der Waals surface area contributed by atoms with E-state index in [4.69, 9.17) is 9.73 Å². The van der Waals surface area contributed by atoms with E-state index < -0.39 is 0 Å². The van der Waals surface area contributed by atoms with Gasteiger partial charge in [-0.3, -0.25) is 4.99 Å². The molecule has 23 heavy (non-hydrogen) atoms. The average Bonchev–Trinajstić information content (AvgIpc) is 2.94. The van der Waals surface area contributed by atoms with Crippen LogP contribution in [-0.2, 0) is 6.42 Å². The lowest BCUT2D eigenvalue weighted by Crippen LogP contribution is -2.17. The molecule has 1 unspecified atom stereocenters. The van der Waals surface area contributed by atoms with Crippen LogP contribution in [0.5, 0.6) is 5.75 Å². The van der Waals surface area contributed by atoms with Gasteiger partial charge in [0.2, 0.25) is 0 Å². The van der Waals surface area contributed by atoms with Gasteiger partial charge in [0.15, 0.2) is 0 Å². The molecule has 2 aromatic rings. The summed E-state index contributed by atoms with van der Waals surface area (Å²) < 4.78 is 6.53. The highest BCUT2D eigenvalue weighted by Gasteiger charge is 2.29. The Hall–Kier alpha value is -1.88.